The lowest BCUT2D eigenvalue weighted by molar-refractivity contribution is -0.188. The quantitative estimate of drug-likeness (QED) is 0.733. The maximum atomic E-state index is 12.9. The highest BCUT2D eigenvalue weighted by atomic mass is 35.5. The standard InChI is InChI=1S/C17H18Cl2N2O4/c18-11-2-1-3-12(15(11)19)21-14(22)10-13(16(21)23)20-6-4-17(5-7-20)24-8-9-25-17/h1-3,13H,4-10H2/t13-/m0/s1. The van der Waals surface area contributed by atoms with Gasteiger partial charge in [0, 0.05) is 25.9 Å². The first kappa shape index (κ1) is 17.2. The summed E-state index contributed by atoms with van der Waals surface area (Å²) in [5.74, 6) is -1.01. The van der Waals surface area contributed by atoms with Crippen LogP contribution in [0.3, 0.4) is 0 Å². The van der Waals surface area contributed by atoms with Crippen LogP contribution < -0.4 is 4.90 Å². The molecule has 2 amide bonds. The number of hydrogen-bond acceptors (Lipinski definition) is 5. The second kappa shape index (κ2) is 6.52. The molecule has 6 nitrogen and oxygen atoms in total. The van der Waals surface area contributed by atoms with Gasteiger partial charge in [-0.3, -0.25) is 14.5 Å². The zero-order valence-electron chi connectivity index (χ0n) is 13.5. The zero-order chi connectivity index (χ0) is 17.6. The minimum Gasteiger partial charge on any atom is -0.347 e. The summed E-state index contributed by atoms with van der Waals surface area (Å²) in [4.78, 5) is 28.6. The van der Waals surface area contributed by atoms with Crippen molar-refractivity contribution in [2.75, 3.05) is 31.2 Å². The number of hydrogen-bond donors (Lipinski definition) is 0. The number of carbonyl (C=O) groups excluding carboxylic acids is 2. The Hall–Kier alpha value is -1.18. The fourth-order valence-electron chi connectivity index (χ4n) is 3.78. The largest absolute Gasteiger partial charge is 0.347 e. The Morgan fingerprint density at radius 2 is 1.76 bits per heavy atom. The first-order valence-electron chi connectivity index (χ1n) is 8.33. The minimum absolute atomic E-state index is 0.149. The van der Waals surface area contributed by atoms with Crippen molar-refractivity contribution < 1.29 is 19.1 Å². The van der Waals surface area contributed by atoms with Gasteiger partial charge in [0.25, 0.3) is 5.91 Å². The first-order valence-corrected chi connectivity index (χ1v) is 9.09. The third-order valence-electron chi connectivity index (χ3n) is 5.11. The van der Waals surface area contributed by atoms with Gasteiger partial charge in [-0.1, -0.05) is 29.3 Å². The Kier molecular flexibility index (Phi) is 4.50. The van der Waals surface area contributed by atoms with Crippen LogP contribution in [0.25, 0.3) is 0 Å². The molecule has 134 valence electrons. The number of piperidine rings is 1. The SMILES string of the molecule is O=C1C[C@H](N2CCC3(CC2)OCCO3)C(=O)N1c1cccc(Cl)c1Cl. The van der Waals surface area contributed by atoms with Gasteiger partial charge >= 0.3 is 0 Å². The second-order valence-corrected chi connectivity index (χ2v) is 7.29. The lowest BCUT2D eigenvalue weighted by atomic mass is 10.0. The summed E-state index contributed by atoms with van der Waals surface area (Å²) in [6.07, 6.45) is 1.54. The maximum absolute atomic E-state index is 12.9. The molecule has 25 heavy (non-hydrogen) atoms. The van der Waals surface area contributed by atoms with E-state index in [1.165, 1.54) is 0 Å². The van der Waals surface area contributed by atoms with Crippen LogP contribution in [0.5, 0.6) is 0 Å². The number of benzene rings is 1. The van der Waals surface area contributed by atoms with Crippen LogP contribution in [0, 0.1) is 0 Å². The predicted molar refractivity (Wildman–Crippen MR) is 92.8 cm³/mol. The van der Waals surface area contributed by atoms with E-state index in [4.69, 9.17) is 32.7 Å². The molecule has 0 radical (unpaired) electrons. The molecule has 4 rings (SSSR count). The van der Waals surface area contributed by atoms with E-state index in [-0.39, 0.29) is 23.3 Å². The van der Waals surface area contributed by atoms with E-state index in [1.807, 2.05) is 4.90 Å². The lowest BCUT2D eigenvalue weighted by Crippen LogP contribution is -2.51. The zero-order valence-corrected chi connectivity index (χ0v) is 15.1. The summed E-state index contributed by atoms with van der Waals surface area (Å²) in [6, 6.07) is 4.47. The van der Waals surface area contributed by atoms with Gasteiger partial charge in [0.05, 0.1) is 41.4 Å². The highest BCUT2D eigenvalue weighted by molar-refractivity contribution is 6.44. The van der Waals surface area contributed by atoms with E-state index in [1.54, 1.807) is 18.2 Å². The van der Waals surface area contributed by atoms with Gasteiger partial charge in [-0.25, -0.2) is 4.90 Å². The monoisotopic (exact) mass is 384 g/mol. The number of carbonyl (C=O) groups is 2. The van der Waals surface area contributed by atoms with Crippen molar-refractivity contribution in [3.8, 4) is 0 Å². The van der Waals surface area contributed by atoms with Gasteiger partial charge in [-0.05, 0) is 12.1 Å². The summed E-state index contributed by atoms with van der Waals surface area (Å²) >= 11 is 12.2. The average Bonchev–Trinajstić information content (AvgIpc) is 3.17. The van der Waals surface area contributed by atoms with Crippen molar-refractivity contribution in [2.24, 2.45) is 0 Å². The van der Waals surface area contributed by atoms with Crippen LogP contribution in [0.2, 0.25) is 10.0 Å². The highest BCUT2D eigenvalue weighted by Crippen LogP contribution is 2.37. The molecule has 3 aliphatic heterocycles. The highest BCUT2D eigenvalue weighted by Gasteiger charge is 2.47. The smallest absolute Gasteiger partial charge is 0.251 e. The Bertz CT molecular complexity index is 711. The van der Waals surface area contributed by atoms with Crippen molar-refractivity contribution in [1.29, 1.82) is 0 Å². The van der Waals surface area contributed by atoms with Gasteiger partial charge in [0.1, 0.15) is 0 Å². The second-order valence-electron chi connectivity index (χ2n) is 6.50. The van der Waals surface area contributed by atoms with E-state index in [2.05, 4.69) is 0 Å². The number of ether oxygens (including phenoxy) is 2. The molecule has 8 heteroatoms. The molecule has 0 N–H and O–H groups in total. The van der Waals surface area contributed by atoms with Crippen LogP contribution in [0.15, 0.2) is 18.2 Å². The molecule has 0 bridgehead atoms. The molecule has 0 unspecified atom stereocenters. The lowest BCUT2D eigenvalue weighted by Gasteiger charge is -2.39. The number of anilines is 1. The molecule has 1 spiro atoms. The molecule has 3 fully saturated rings. The van der Waals surface area contributed by atoms with Crippen LogP contribution in [-0.4, -0.2) is 54.8 Å². The Balaban J connectivity index is 1.51. The van der Waals surface area contributed by atoms with Crippen molar-refractivity contribution in [3.05, 3.63) is 28.2 Å². The van der Waals surface area contributed by atoms with Gasteiger partial charge in [0.2, 0.25) is 5.91 Å². The van der Waals surface area contributed by atoms with Gasteiger partial charge in [0.15, 0.2) is 5.79 Å². The van der Waals surface area contributed by atoms with Gasteiger partial charge < -0.3 is 9.47 Å². The molecule has 0 aliphatic carbocycles. The van der Waals surface area contributed by atoms with Crippen LogP contribution in [0.1, 0.15) is 19.3 Å². The number of amides is 2. The summed E-state index contributed by atoms with van der Waals surface area (Å²) in [6.45, 7) is 2.53. The van der Waals surface area contributed by atoms with Gasteiger partial charge in [-0.15, -0.1) is 0 Å². The molecule has 1 atom stereocenters. The molecule has 1 aromatic rings. The predicted octanol–water partition coefficient (Wildman–Crippen LogP) is 2.46. The molecular formula is C17H18Cl2N2O4. The fraction of sp³-hybridized carbons (Fsp3) is 0.529. The number of likely N-dealkylation sites (tertiary alicyclic amines) is 1. The van der Waals surface area contributed by atoms with Crippen LogP contribution >= 0.6 is 23.2 Å². The first-order chi connectivity index (χ1) is 12.0. The third kappa shape index (κ3) is 2.96. The maximum Gasteiger partial charge on any atom is 0.251 e. The number of rotatable bonds is 2. The topological polar surface area (TPSA) is 59.1 Å². The molecule has 3 aliphatic rings. The molecule has 3 saturated heterocycles. The summed E-state index contributed by atoms with van der Waals surface area (Å²) < 4.78 is 11.4. The number of nitrogens with zero attached hydrogens (tertiary/aromatic N) is 2. The fourth-order valence-corrected chi connectivity index (χ4v) is 4.16. The van der Waals surface area contributed by atoms with Crippen molar-refractivity contribution in [2.45, 2.75) is 31.1 Å². The van der Waals surface area contributed by atoms with Crippen molar-refractivity contribution in [1.82, 2.24) is 4.90 Å². The molecule has 0 aromatic heterocycles. The Morgan fingerprint density at radius 3 is 2.44 bits per heavy atom. The van der Waals surface area contributed by atoms with E-state index < -0.39 is 11.8 Å². The molecular weight excluding hydrogens is 367 g/mol. The van der Waals surface area contributed by atoms with Gasteiger partial charge in [-0.2, -0.15) is 0 Å². The summed E-state index contributed by atoms with van der Waals surface area (Å²) in [5.41, 5.74) is 0.350. The van der Waals surface area contributed by atoms with Crippen LogP contribution in [0.4, 0.5) is 5.69 Å². The molecule has 1 aromatic carbocycles. The van der Waals surface area contributed by atoms with E-state index >= 15 is 0 Å². The Morgan fingerprint density at radius 1 is 1.08 bits per heavy atom. The van der Waals surface area contributed by atoms with E-state index in [9.17, 15) is 9.59 Å². The Labute approximate surface area is 155 Å². The van der Waals surface area contributed by atoms with Crippen molar-refractivity contribution >= 4 is 40.7 Å². The minimum atomic E-state index is -0.502. The van der Waals surface area contributed by atoms with E-state index in [0.717, 1.165) is 4.90 Å². The normalized spacial score (nSPS) is 26.8. The third-order valence-corrected chi connectivity index (χ3v) is 5.92. The number of halogens is 2. The molecule has 0 saturated carbocycles. The number of imide groups is 1. The van der Waals surface area contributed by atoms with Crippen LogP contribution in [-0.2, 0) is 19.1 Å². The van der Waals surface area contributed by atoms with E-state index in [0.29, 0.717) is 49.9 Å². The summed E-state index contributed by atoms with van der Waals surface area (Å²) in [5, 5.41) is 0.538. The average molecular weight is 385 g/mol. The van der Waals surface area contributed by atoms with Crippen molar-refractivity contribution in [3.63, 3.8) is 0 Å². The molecule has 3 heterocycles. The summed E-state index contributed by atoms with van der Waals surface area (Å²) in [7, 11) is 0.